The highest BCUT2D eigenvalue weighted by Gasteiger charge is 2.18. The number of aryl methyl sites for hydroxylation is 2. The van der Waals surface area contributed by atoms with Crippen molar-refractivity contribution < 1.29 is 4.73 Å². The topological polar surface area (TPSA) is 99.6 Å². The van der Waals surface area contributed by atoms with Gasteiger partial charge in [0, 0.05) is 25.2 Å². The Morgan fingerprint density at radius 2 is 2.08 bits per heavy atom. The predicted octanol–water partition coefficient (Wildman–Crippen LogP) is 1.63. The Morgan fingerprint density at radius 3 is 2.77 bits per heavy atom. The number of hydrogen-bond acceptors (Lipinski definition) is 5. The molecule has 0 bridgehead atoms. The Hall–Kier alpha value is -2.55. The van der Waals surface area contributed by atoms with Crippen molar-refractivity contribution in [1.29, 1.82) is 0 Å². The second kappa shape index (κ2) is 7.77. The van der Waals surface area contributed by atoms with E-state index in [-0.39, 0.29) is 0 Å². The first-order chi connectivity index (χ1) is 12.6. The first-order valence-electron chi connectivity index (χ1n) is 8.60. The molecule has 0 atom stereocenters. The Labute approximate surface area is 154 Å². The number of aromatic amines is 1. The molecule has 0 amide bonds. The molecule has 3 rings (SSSR count). The Kier molecular flexibility index (Phi) is 5.46. The maximum Gasteiger partial charge on any atom is 0.330 e. The van der Waals surface area contributed by atoms with E-state index in [1.807, 2.05) is 13.8 Å². The van der Waals surface area contributed by atoms with Gasteiger partial charge in [-0.2, -0.15) is 4.73 Å². The third-order valence-electron chi connectivity index (χ3n) is 4.15. The fraction of sp³-hybridized carbons (Fsp3) is 0.412. The fourth-order valence-corrected chi connectivity index (χ4v) is 3.72. The van der Waals surface area contributed by atoms with Crippen LogP contribution in [0.25, 0.3) is 11.2 Å². The van der Waals surface area contributed by atoms with Crippen molar-refractivity contribution in [1.82, 2.24) is 19.1 Å². The van der Waals surface area contributed by atoms with E-state index in [0.717, 1.165) is 17.6 Å². The molecule has 3 heterocycles. The zero-order valence-corrected chi connectivity index (χ0v) is 15.6. The van der Waals surface area contributed by atoms with Crippen LogP contribution in [-0.2, 0) is 18.8 Å². The van der Waals surface area contributed by atoms with Crippen LogP contribution in [0.4, 0.5) is 0 Å². The summed E-state index contributed by atoms with van der Waals surface area (Å²) in [6.45, 7) is 5.02. The lowest BCUT2D eigenvalue weighted by Crippen LogP contribution is -2.31. The van der Waals surface area contributed by atoms with Gasteiger partial charge in [0.05, 0.1) is 5.75 Å². The van der Waals surface area contributed by atoms with Gasteiger partial charge in [-0.1, -0.05) is 13.3 Å². The molecule has 138 valence electrons. The van der Waals surface area contributed by atoms with Crippen LogP contribution in [-0.4, -0.2) is 19.1 Å². The molecule has 0 saturated carbocycles. The van der Waals surface area contributed by atoms with Crippen LogP contribution in [0.15, 0.2) is 39.0 Å². The molecule has 0 aromatic carbocycles. The van der Waals surface area contributed by atoms with E-state index in [2.05, 4.69) is 9.97 Å². The average Bonchev–Trinajstić information content (AvgIpc) is 2.99. The maximum atomic E-state index is 12.4. The van der Waals surface area contributed by atoms with Crippen LogP contribution in [0.5, 0.6) is 0 Å². The number of fused-ring (bicyclic) bond motifs is 1. The van der Waals surface area contributed by atoms with Gasteiger partial charge in [-0.05, 0) is 31.2 Å². The minimum absolute atomic E-state index is 0.405. The average molecular weight is 375 g/mol. The molecule has 0 aliphatic heterocycles. The highest BCUT2D eigenvalue weighted by Crippen LogP contribution is 2.21. The van der Waals surface area contributed by atoms with Crippen LogP contribution in [0.3, 0.4) is 0 Å². The zero-order chi connectivity index (χ0) is 18.7. The summed E-state index contributed by atoms with van der Waals surface area (Å²) in [5.41, 5.74) is -0.0482. The van der Waals surface area contributed by atoms with Crippen LogP contribution in [0, 0.1) is 5.21 Å². The van der Waals surface area contributed by atoms with E-state index in [4.69, 9.17) is 0 Å². The van der Waals surface area contributed by atoms with Gasteiger partial charge in [-0.15, -0.1) is 0 Å². The van der Waals surface area contributed by atoms with Gasteiger partial charge in [-0.25, -0.2) is 9.78 Å². The van der Waals surface area contributed by atoms with Gasteiger partial charge in [-0.3, -0.25) is 14.3 Å². The van der Waals surface area contributed by atoms with Gasteiger partial charge in [0.2, 0.25) is 0 Å². The van der Waals surface area contributed by atoms with E-state index in [1.54, 1.807) is 22.8 Å². The summed E-state index contributed by atoms with van der Waals surface area (Å²) < 4.78 is 4.13. The summed E-state index contributed by atoms with van der Waals surface area (Å²) in [4.78, 5) is 31.5. The van der Waals surface area contributed by atoms with Crippen molar-refractivity contribution in [2.24, 2.45) is 0 Å². The van der Waals surface area contributed by atoms with E-state index < -0.39 is 11.2 Å². The quantitative estimate of drug-likeness (QED) is 0.384. The Morgan fingerprint density at radius 1 is 1.27 bits per heavy atom. The number of hydrogen-bond donors (Lipinski definition) is 1. The molecule has 26 heavy (non-hydrogen) atoms. The van der Waals surface area contributed by atoms with E-state index in [0.29, 0.717) is 40.9 Å². The third-order valence-corrected chi connectivity index (χ3v) is 5.17. The minimum atomic E-state index is -0.434. The summed E-state index contributed by atoms with van der Waals surface area (Å²) in [6, 6.07) is 5.21. The number of H-pyrrole nitrogens is 1. The molecule has 8 nitrogen and oxygen atoms in total. The lowest BCUT2D eigenvalue weighted by atomic mass is 10.3. The number of aromatic nitrogens is 5. The first kappa shape index (κ1) is 18.2. The number of thioether (sulfide) groups is 1. The molecule has 0 unspecified atom stereocenters. The van der Waals surface area contributed by atoms with Crippen molar-refractivity contribution >= 4 is 22.9 Å². The molecule has 0 spiro atoms. The zero-order valence-electron chi connectivity index (χ0n) is 14.8. The second-order valence-corrected chi connectivity index (χ2v) is 6.86. The highest BCUT2D eigenvalue weighted by atomic mass is 32.2. The van der Waals surface area contributed by atoms with Crippen molar-refractivity contribution in [2.45, 2.75) is 50.6 Å². The number of imidazole rings is 1. The number of pyridine rings is 1. The number of nitrogens with one attached hydrogen (secondary N) is 1. The number of nitrogens with zero attached hydrogens (tertiary/aromatic N) is 4. The summed E-state index contributed by atoms with van der Waals surface area (Å²) >= 11 is 1.35. The third kappa shape index (κ3) is 3.39. The molecule has 0 fully saturated rings. The molecule has 0 saturated heterocycles. The SMILES string of the molecule is CCCCn1c(=O)[nH]c(=O)c2c1nc(CSc1cccc[n+]1[O-])n2CC. The summed E-state index contributed by atoms with van der Waals surface area (Å²) in [7, 11) is 0. The van der Waals surface area contributed by atoms with E-state index >= 15 is 0 Å². The number of rotatable bonds is 7. The Balaban J connectivity index is 2.05. The smallest absolute Gasteiger partial charge is 0.330 e. The molecule has 3 aromatic heterocycles. The van der Waals surface area contributed by atoms with Gasteiger partial charge in [0.25, 0.3) is 10.6 Å². The second-order valence-electron chi connectivity index (χ2n) is 5.86. The lowest BCUT2D eigenvalue weighted by Gasteiger charge is -2.06. The van der Waals surface area contributed by atoms with Gasteiger partial charge in [0.15, 0.2) is 17.4 Å². The highest BCUT2D eigenvalue weighted by molar-refractivity contribution is 7.98. The molecule has 3 aromatic rings. The molecular weight excluding hydrogens is 354 g/mol. The minimum Gasteiger partial charge on any atom is -0.618 e. The van der Waals surface area contributed by atoms with Gasteiger partial charge < -0.3 is 9.77 Å². The lowest BCUT2D eigenvalue weighted by molar-refractivity contribution is -0.645. The van der Waals surface area contributed by atoms with E-state index in [9.17, 15) is 14.8 Å². The van der Waals surface area contributed by atoms with Gasteiger partial charge in [0.1, 0.15) is 5.82 Å². The normalized spacial score (nSPS) is 11.3. The summed E-state index contributed by atoms with van der Waals surface area (Å²) in [5.74, 6) is 1.09. The van der Waals surface area contributed by atoms with Crippen LogP contribution in [0.2, 0.25) is 0 Å². The van der Waals surface area contributed by atoms with Crippen molar-refractivity contribution in [2.75, 3.05) is 0 Å². The van der Waals surface area contributed by atoms with E-state index in [1.165, 1.54) is 22.5 Å². The first-order valence-corrected chi connectivity index (χ1v) is 9.58. The Bertz CT molecular complexity index is 1040. The van der Waals surface area contributed by atoms with Crippen LogP contribution < -0.4 is 16.0 Å². The standard InChI is InChI=1S/C17H21N5O3S/c1-3-5-9-21-15-14(16(23)19-17(21)24)20(4-2)12(18-15)11-26-13-8-6-7-10-22(13)25/h6-8,10H,3-5,9,11H2,1-2H3,(H,19,23,24). The maximum absolute atomic E-state index is 12.4. The molecular formula is C17H21N5O3S. The molecule has 0 aliphatic rings. The van der Waals surface area contributed by atoms with Crippen molar-refractivity contribution in [3.05, 3.63) is 56.3 Å². The fourth-order valence-electron chi connectivity index (χ4n) is 2.85. The number of unbranched alkanes of at least 4 members (excludes halogenated alkanes) is 1. The van der Waals surface area contributed by atoms with Crippen LogP contribution >= 0.6 is 11.8 Å². The van der Waals surface area contributed by atoms with Crippen molar-refractivity contribution in [3.8, 4) is 0 Å². The molecule has 9 heteroatoms. The predicted molar refractivity (Wildman–Crippen MR) is 100 cm³/mol. The van der Waals surface area contributed by atoms with Gasteiger partial charge >= 0.3 is 5.69 Å². The summed E-state index contributed by atoms with van der Waals surface area (Å²) in [6.07, 6.45) is 3.20. The monoisotopic (exact) mass is 375 g/mol. The summed E-state index contributed by atoms with van der Waals surface area (Å²) in [5, 5.41) is 12.4. The largest absolute Gasteiger partial charge is 0.618 e. The molecule has 0 radical (unpaired) electrons. The van der Waals surface area contributed by atoms with Crippen LogP contribution in [0.1, 0.15) is 32.5 Å². The van der Waals surface area contributed by atoms with Crippen molar-refractivity contribution in [3.63, 3.8) is 0 Å². The molecule has 0 aliphatic carbocycles. The molecule has 1 N–H and O–H groups in total.